The first-order valence-electron chi connectivity index (χ1n) is 6.94. The van der Waals surface area contributed by atoms with Gasteiger partial charge in [0.15, 0.2) is 0 Å². The van der Waals surface area contributed by atoms with Gasteiger partial charge in [0, 0.05) is 38.2 Å². The maximum absolute atomic E-state index is 12.3. The topological polar surface area (TPSA) is 51.0 Å². The minimum absolute atomic E-state index is 0.0562. The largest absolute Gasteiger partial charge is 0.345 e. The number of carbonyl (C=O) groups excluding carboxylic acids is 1. The first-order valence-corrected chi connectivity index (χ1v) is 6.94. The molecule has 0 aliphatic rings. The third-order valence-corrected chi connectivity index (χ3v) is 3.35. The maximum Gasteiger partial charge on any atom is 0.255 e. The van der Waals surface area contributed by atoms with Crippen molar-refractivity contribution in [2.24, 2.45) is 0 Å². The van der Waals surface area contributed by atoms with Gasteiger partial charge >= 0.3 is 0 Å². The van der Waals surface area contributed by atoms with Gasteiger partial charge in [0.2, 0.25) is 0 Å². The molecule has 1 aromatic carbocycles. The number of nitrogens with zero attached hydrogens (tertiary/aromatic N) is 4. The molecule has 0 spiro atoms. The molecule has 0 aliphatic carbocycles. The number of rotatable bonds is 3. The monoisotopic (exact) mass is 292 g/mol. The van der Waals surface area contributed by atoms with Crippen molar-refractivity contribution in [1.29, 1.82) is 0 Å². The van der Waals surface area contributed by atoms with E-state index in [0.29, 0.717) is 11.3 Å². The molecule has 0 bridgehead atoms. The Morgan fingerprint density at radius 1 is 1.05 bits per heavy atom. The van der Waals surface area contributed by atoms with E-state index in [4.69, 9.17) is 0 Å². The van der Waals surface area contributed by atoms with Gasteiger partial charge in [-0.1, -0.05) is 12.1 Å². The van der Waals surface area contributed by atoms with E-state index in [1.165, 1.54) is 0 Å². The molecular weight excluding hydrogens is 276 g/mol. The normalized spacial score (nSPS) is 10.5. The van der Waals surface area contributed by atoms with Crippen LogP contribution in [0.3, 0.4) is 0 Å². The second-order valence-corrected chi connectivity index (χ2v) is 5.10. The molecule has 1 amide bonds. The molecule has 0 aliphatic heterocycles. The molecule has 0 unspecified atom stereocenters. The lowest BCUT2D eigenvalue weighted by Gasteiger charge is -2.13. The minimum atomic E-state index is -0.0562. The van der Waals surface area contributed by atoms with E-state index in [0.717, 1.165) is 11.3 Å². The number of pyridine rings is 1. The third kappa shape index (κ3) is 2.61. The quantitative estimate of drug-likeness (QED) is 0.745. The maximum atomic E-state index is 12.3. The molecule has 5 nitrogen and oxygen atoms in total. The van der Waals surface area contributed by atoms with E-state index in [1.54, 1.807) is 48.2 Å². The molecule has 22 heavy (non-hydrogen) atoms. The van der Waals surface area contributed by atoms with Gasteiger partial charge in [-0.3, -0.25) is 9.78 Å². The molecule has 0 fully saturated rings. The fourth-order valence-electron chi connectivity index (χ4n) is 2.24. The van der Waals surface area contributed by atoms with Gasteiger partial charge in [-0.05, 0) is 30.3 Å². The van der Waals surface area contributed by atoms with E-state index in [1.807, 2.05) is 36.5 Å². The molecule has 0 atom stereocenters. The summed E-state index contributed by atoms with van der Waals surface area (Å²) >= 11 is 0. The molecule has 0 saturated carbocycles. The first kappa shape index (κ1) is 14.0. The number of carbonyl (C=O) groups is 1. The van der Waals surface area contributed by atoms with Crippen LogP contribution >= 0.6 is 0 Å². The van der Waals surface area contributed by atoms with E-state index >= 15 is 0 Å². The Bertz CT molecular complexity index is 777. The molecular formula is C17H16N4O. The number of amides is 1. The van der Waals surface area contributed by atoms with Crippen LogP contribution in [0.1, 0.15) is 10.4 Å². The van der Waals surface area contributed by atoms with Gasteiger partial charge in [-0.25, -0.2) is 4.68 Å². The summed E-state index contributed by atoms with van der Waals surface area (Å²) in [6.45, 7) is 0. The molecule has 2 aromatic heterocycles. The molecule has 0 saturated heterocycles. The summed E-state index contributed by atoms with van der Waals surface area (Å²) in [6, 6.07) is 13.3. The van der Waals surface area contributed by atoms with E-state index in [2.05, 4.69) is 10.1 Å². The SMILES string of the molecule is CN(C)C(=O)c1cccnc1-c1ccc(-n2cccn2)cc1. The van der Waals surface area contributed by atoms with Crippen molar-refractivity contribution in [2.75, 3.05) is 14.1 Å². The molecule has 0 radical (unpaired) electrons. The fourth-order valence-corrected chi connectivity index (χ4v) is 2.24. The third-order valence-electron chi connectivity index (χ3n) is 3.35. The smallest absolute Gasteiger partial charge is 0.255 e. The lowest BCUT2D eigenvalue weighted by atomic mass is 10.0. The molecule has 3 aromatic rings. The van der Waals surface area contributed by atoms with Gasteiger partial charge in [-0.15, -0.1) is 0 Å². The van der Waals surface area contributed by atoms with E-state index < -0.39 is 0 Å². The molecule has 5 heteroatoms. The standard InChI is InChI=1S/C17H16N4O/c1-20(2)17(22)15-5-3-10-18-16(15)13-6-8-14(9-7-13)21-12-4-11-19-21/h3-12H,1-2H3. The summed E-state index contributed by atoms with van der Waals surface area (Å²) in [5.74, 6) is -0.0562. The minimum Gasteiger partial charge on any atom is -0.345 e. The fraction of sp³-hybridized carbons (Fsp3) is 0.118. The predicted molar refractivity (Wildman–Crippen MR) is 84.8 cm³/mol. The van der Waals surface area contributed by atoms with E-state index in [-0.39, 0.29) is 5.91 Å². The second-order valence-electron chi connectivity index (χ2n) is 5.10. The number of aromatic nitrogens is 3. The van der Waals surface area contributed by atoms with Crippen LogP contribution in [-0.4, -0.2) is 39.7 Å². The Labute approximate surface area is 128 Å². The Hall–Kier alpha value is -2.95. The van der Waals surface area contributed by atoms with Crippen LogP contribution in [0.2, 0.25) is 0 Å². The molecule has 3 rings (SSSR count). The zero-order valence-corrected chi connectivity index (χ0v) is 12.5. The Balaban J connectivity index is 2.00. The van der Waals surface area contributed by atoms with Crippen molar-refractivity contribution in [3.8, 4) is 16.9 Å². The Morgan fingerprint density at radius 3 is 2.45 bits per heavy atom. The molecule has 0 N–H and O–H groups in total. The average Bonchev–Trinajstić information content (AvgIpc) is 3.09. The zero-order valence-electron chi connectivity index (χ0n) is 12.5. The van der Waals surface area contributed by atoms with Crippen molar-refractivity contribution < 1.29 is 4.79 Å². The Morgan fingerprint density at radius 2 is 1.82 bits per heavy atom. The van der Waals surface area contributed by atoms with E-state index in [9.17, 15) is 4.79 Å². The van der Waals surface area contributed by atoms with Crippen molar-refractivity contribution in [3.05, 3.63) is 66.6 Å². The van der Waals surface area contributed by atoms with Crippen LogP contribution in [0.25, 0.3) is 16.9 Å². The van der Waals surface area contributed by atoms with Crippen molar-refractivity contribution >= 4 is 5.91 Å². The number of benzene rings is 1. The summed E-state index contributed by atoms with van der Waals surface area (Å²) in [4.78, 5) is 18.2. The Kier molecular flexibility index (Phi) is 3.70. The molecule has 110 valence electrons. The van der Waals surface area contributed by atoms with Gasteiger partial charge in [0.25, 0.3) is 5.91 Å². The highest BCUT2D eigenvalue weighted by atomic mass is 16.2. The number of hydrogen-bond donors (Lipinski definition) is 0. The summed E-state index contributed by atoms with van der Waals surface area (Å²) < 4.78 is 1.79. The lowest BCUT2D eigenvalue weighted by Crippen LogP contribution is -2.22. The van der Waals surface area contributed by atoms with Crippen LogP contribution in [0.5, 0.6) is 0 Å². The van der Waals surface area contributed by atoms with Gasteiger partial charge < -0.3 is 4.90 Å². The van der Waals surface area contributed by atoms with Crippen LogP contribution in [0, 0.1) is 0 Å². The zero-order chi connectivity index (χ0) is 15.5. The summed E-state index contributed by atoms with van der Waals surface area (Å²) in [7, 11) is 3.47. The summed E-state index contributed by atoms with van der Waals surface area (Å²) in [5, 5.41) is 4.20. The van der Waals surface area contributed by atoms with Crippen LogP contribution in [-0.2, 0) is 0 Å². The van der Waals surface area contributed by atoms with Crippen LogP contribution < -0.4 is 0 Å². The highest BCUT2D eigenvalue weighted by molar-refractivity contribution is 5.99. The van der Waals surface area contributed by atoms with Gasteiger partial charge in [0.05, 0.1) is 16.9 Å². The van der Waals surface area contributed by atoms with Crippen molar-refractivity contribution in [1.82, 2.24) is 19.7 Å². The predicted octanol–water partition coefficient (Wildman–Crippen LogP) is 2.64. The number of hydrogen-bond acceptors (Lipinski definition) is 3. The van der Waals surface area contributed by atoms with Crippen molar-refractivity contribution in [3.63, 3.8) is 0 Å². The molecule has 2 heterocycles. The highest BCUT2D eigenvalue weighted by Gasteiger charge is 2.15. The summed E-state index contributed by atoms with van der Waals surface area (Å²) in [5.41, 5.74) is 3.15. The second kappa shape index (κ2) is 5.81. The summed E-state index contributed by atoms with van der Waals surface area (Å²) in [6.07, 6.45) is 5.32. The van der Waals surface area contributed by atoms with Crippen LogP contribution in [0.15, 0.2) is 61.1 Å². The van der Waals surface area contributed by atoms with Crippen molar-refractivity contribution in [2.45, 2.75) is 0 Å². The first-order chi connectivity index (χ1) is 10.7. The average molecular weight is 292 g/mol. The van der Waals surface area contributed by atoms with Crippen LogP contribution in [0.4, 0.5) is 0 Å². The highest BCUT2D eigenvalue weighted by Crippen LogP contribution is 2.23. The van der Waals surface area contributed by atoms with Gasteiger partial charge in [-0.2, -0.15) is 5.10 Å². The lowest BCUT2D eigenvalue weighted by molar-refractivity contribution is 0.0828. The van der Waals surface area contributed by atoms with Gasteiger partial charge in [0.1, 0.15) is 0 Å².